The Labute approximate surface area is 92.9 Å². The molecule has 16 heavy (non-hydrogen) atoms. The molecule has 0 atom stereocenters. The van der Waals surface area contributed by atoms with Gasteiger partial charge in [-0.3, -0.25) is 0 Å². The lowest BCUT2D eigenvalue weighted by Gasteiger charge is -2.31. The van der Waals surface area contributed by atoms with Crippen molar-refractivity contribution in [3.8, 4) is 0 Å². The van der Waals surface area contributed by atoms with Gasteiger partial charge in [-0.25, -0.2) is 8.42 Å². The summed E-state index contributed by atoms with van der Waals surface area (Å²) in [5, 5.41) is 2.93. The van der Waals surface area contributed by atoms with Crippen molar-refractivity contribution in [3.05, 3.63) is 0 Å². The van der Waals surface area contributed by atoms with Crippen LogP contribution >= 0.6 is 0 Å². The molecule has 8 heteroatoms. The van der Waals surface area contributed by atoms with Crippen LogP contribution in [0.2, 0.25) is 0 Å². The summed E-state index contributed by atoms with van der Waals surface area (Å²) in [6.45, 7) is 0.613. The third kappa shape index (κ3) is 2.86. The zero-order valence-electron chi connectivity index (χ0n) is 8.92. The van der Waals surface area contributed by atoms with Crippen LogP contribution in [0.25, 0.3) is 0 Å². The largest absolute Gasteiger partial charge is 0.511 e. The fourth-order valence-electron chi connectivity index (χ4n) is 1.79. The maximum Gasteiger partial charge on any atom is 0.511 e. The lowest BCUT2D eigenvalue weighted by molar-refractivity contribution is -0.0496. The predicted octanol–water partition coefficient (Wildman–Crippen LogP) is 0.767. The van der Waals surface area contributed by atoms with E-state index in [0.29, 0.717) is 23.7 Å². The third-order valence-corrected chi connectivity index (χ3v) is 4.33. The number of alkyl halides is 3. The van der Waals surface area contributed by atoms with E-state index in [-0.39, 0.29) is 19.0 Å². The Kier molecular flexibility index (Phi) is 4.19. The summed E-state index contributed by atoms with van der Waals surface area (Å²) >= 11 is 0. The van der Waals surface area contributed by atoms with Crippen LogP contribution in [0.4, 0.5) is 13.2 Å². The van der Waals surface area contributed by atoms with Crippen molar-refractivity contribution in [2.24, 2.45) is 5.92 Å². The van der Waals surface area contributed by atoms with Crippen LogP contribution in [0.1, 0.15) is 12.8 Å². The number of piperidine rings is 1. The van der Waals surface area contributed by atoms with Crippen molar-refractivity contribution in [1.82, 2.24) is 9.62 Å². The van der Waals surface area contributed by atoms with E-state index < -0.39 is 15.5 Å². The first-order valence-electron chi connectivity index (χ1n) is 5.00. The molecule has 1 saturated heterocycles. The normalized spacial score (nSPS) is 21.2. The van der Waals surface area contributed by atoms with Gasteiger partial charge in [-0.15, -0.1) is 0 Å². The molecule has 96 valence electrons. The molecule has 1 aliphatic heterocycles. The molecule has 1 rings (SSSR count). The van der Waals surface area contributed by atoms with Crippen LogP contribution in [-0.4, -0.2) is 44.9 Å². The molecule has 0 radical (unpaired) electrons. The van der Waals surface area contributed by atoms with E-state index in [1.54, 1.807) is 7.05 Å². The van der Waals surface area contributed by atoms with E-state index >= 15 is 0 Å². The van der Waals surface area contributed by atoms with Gasteiger partial charge in [-0.05, 0) is 32.4 Å². The molecule has 0 saturated carbocycles. The lowest BCUT2D eigenvalue weighted by atomic mass is 9.98. The molecule has 1 heterocycles. The maximum atomic E-state index is 12.2. The Morgan fingerprint density at radius 3 is 2.19 bits per heavy atom. The smallest absolute Gasteiger partial charge is 0.319 e. The van der Waals surface area contributed by atoms with Gasteiger partial charge >= 0.3 is 15.5 Å². The van der Waals surface area contributed by atoms with E-state index in [0.717, 1.165) is 0 Å². The summed E-state index contributed by atoms with van der Waals surface area (Å²) in [5.74, 6) is 0.254. The summed E-state index contributed by atoms with van der Waals surface area (Å²) in [7, 11) is -3.36. The summed E-state index contributed by atoms with van der Waals surface area (Å²) in [4.78, 5) is 0. The highest BCUT2D eigenvalue weighted by atomic mass is 32.2. The molecule has 0 aromatic heterocycles. The number of hydrogen-bond acceptors (Lipinski definition) is 3. The standard InChI is InChI=1S/C8H15F3N2O2S/c1-12-6-7-2-4-13(5-3-7)16(14,15)8(9,10)11/h7,12H,2-6H2,1H3. The number of hydrogen-bond donors (Lipinski definition) is 1. The fourth-order valence-corrected chi connectivity index (χ4v) is 2.77. The van der Waals surface area contributed by atoms with Gasteiger partial charge < -0.3 is 5.32 Å². The number of nitrogens with one attached hydrogen (secondary N) is 1. The predicted molar refractivity (Wildman–Crippen MR) is 53.2 cm³/mol. The molecule has 0 spiro atoms. The highest BCUT2D eigenvalue weighted by Crippen LogP contribution is 2.29. The maximum absolute atomic E-state index is 12.2. The second-order valence-electron chi connectivity index (χ2n) is 3.85. The number of rotatable bonds is 3. The highest BCUT2D eigenvalue weighted by molar-refractivity contribution is 7.90. The van der Waals surface area contributed by atoms with Crippen molar-refractivity contribution in [3.63, 3.8) is 0 Å². The van der Waals surface area contributed by atoms with E-state index in [2.05, 4.69) is 5.32 Å². The van der Waals surface area contributed by atoms with Gasteiger partial charge in [-0.2, -0.15) is 17.5 Å². The minimum atomic E-state index is -5.18. The molecular weight excluding hydrogens is 245 g/mol. The van der Waals surface area contributed by atoms with Gasteiger partial charge in [0.05, 0.1) is 0 Å². The Hall–Kier alpha value is -0.340. The molecule has 0 aromatic rings. The first-order valence-corrected chi connectivity index (χ1v) is 6.44. The van der Waals surface area contributed by atoms with Crippen LogP contribution in [0.5, 0.6) is 0 Å². The van der Waals surface area contributed by atoms with Crippen LogP contribution in [-0.2, 0) is 10.0 Å². The average Bonchev–Trinajstić information content (AvgIpc) is 2.17. The average molecular weight is 260 g/mol. The molecule has 0 unspecified atom stereocenters. The topological polar surface area (TPSA) is 49.4 Å². The fraction of sp³-hybridized carbons (Fsp3) is 1.00. The van der Waals surface area contributed by atoms with Crippen molar-refractivity contribution in [1.29, 1.82) is 0 Å². The second-order valence-corrected chi connectivity index (χ2v) is 5.78. The first kappa shape index (κ1) is 13.7. The van der Waals surface area contributed by atoms with Gasteiger partial charge in [0.2, 0.25) is 0 Å². The van der Waals surface area contributed by atoms with E-state index in [4.69, 9.17) is 0 Å². The lowest BCUT2D eigenvalue weighted by Crippen LogP contribution is -2.45. The van der Waals surface area contributed by atoms with Crippen LogP contribution in [0.15, 0.2) is 0 Å². The van der Waals surface area contributed by atoms with Gasteiger partial charge in [-0.1, -0.05) is 0 Å². The minimum absolute atomic E-state index is 0.0474. The van der Waals surface area contributed by atoms with Crippen molar-refractivity contribution in [2.75, 3.05) is 26.7 Å². The van der Waals surface area contributed by atoms with Gasteiger partial charge in [0.25, 0.3) is 0 Å². The molecule has 1 N–H and O–H groups in total. The summed E-state index contributed by atoms with van der Waals surface area (Å²) in [5.41, 5.74) is -5.18. The van der Waals surface area contributed by atoms with Gasteiger partial charge in [0.1, 0.15) is 0 Å². The Bertz CT molecular complexity index is 321. The van der Waals surface area contributed by atoms with Crippen molar-refractivity contribution >= 4 is 10.0 Å². The summed E-state index contributed by atoms with van der Waals surface area (Å²) in [6, 6.07) is 0. The first-order chi connectivity index (χ1) is 7.29. The SMILES string of the molecule is CNCC1CCN(S(=O)(=O)C(F)(F)F)CC1. The Balaban J connectivity index is 2.61. The molecule has 1 fully saturated rings. The quantitative estimate of drug-likeness (QED) is 0.815. The zero-order chi connectivity index (χ0) is 12.4. The molecule has 0 aromatic carbocycles. The van der Waals surface area contributed by atoms with E-state index in [1.807, 2.05) is 0 Å². The van der Waals surface area contributed by atoms with E-state index in [1.165, 1.54) is 0 Å². The molecule has 1 aliphatic rings. The van der Waals surface area contributed by atoms with Crippen LogP contribution in [0, 0.1) is 5.92 Å². The Morgan fingerprint density at radius 1 is 1.31 bits per heavy atom. The Morgan fingerprint density at radius 2 is 1.81 bits per heavy atom. The minimum Gasteiger partial charge on any atom is -0.319 e. The molecule has 0 aliphatic carbocycles. The number of halogens is 3. The molecule has 0 amide bonds. The summed E-state index contributed by atoms with van der Waals surface area (Å²) in [6.07, 6.45) is 0.937. The monoisotopic (exact) mass is 260 g/mol. The number of nitrogens with zero attached hydrogens (tertiary/aromatic N) is 1. The molecule has 0 bridgehead atoms. The van der Waals surface area contributed by atoms with Crippen molar-refractivity contribution in [2.45, 2.75) is 18.3 Å². The molecular formula is C8H15F3N2O2S. The molecule has 4 nitrogen and oxygen atoms in total. The highest BCUT2D eigenvalue weighted by Gasteiger charge is 2.50. The number of sulfonamides is 1. The zero-order valence-corrected chi connectivity index (χ0v) is 9.74. The third-order valence-electron chi connectivity index (χ3n) is 2.70. The van der Waals surface area contributed by atoms with Gasteiger partial charge in [0, 0.05) is 13.1 Å². The summed E-state index contributed by atoms with van der Waals surface area (Å²) < 4.78 is 59.3. The van der Waals surface area contributed by atoms with Crippen molar-refractivity contribution < 1.29 is 21.6 Å². The van der Waals surface area contributed by atoms with Gasteiger partial charge in [0.15, 0.2) is 0 Å². The van der Waals surface area contributed by atoms with E-state index in [9.17, 15) is 21.6 Å². The van der Waals surface area contributed by atoms with Crippen LogP contribution < -0.4 is 5.32 Å². The van der Waals surface area contributed by atoms with Crippen LogP contribution in [0.3, 0.4) is 0 Å². The second kappa shape index (κ2) is 4.89.